The highest BCUT2D eigenvalue weighted by atomic mass is 32.2. The largest absolute Gasteiger partial charge is 0.497 e. The monoisotopic (exact) mass is 500 g/mol. The molecule has 176 valence electrons. The standard InChI is InChI=1S/C22H20N4O6S2/c1-30-13-8-9-17(31-2)16(12-13)25-20-21(24-15-7-5-4-6-14(15)23-20)26-34(28,29)18-10-11-33-19(18)22(27)32-3/h4-12H,1-3H3,(H,23,25)(H,24,26). The molecular formula is C22H20N4O6S2. The van der Waals surface area contributed by atoms with Gasteiger partial charge in [-0.1, -0.05) is 12.1 Å². The second-order valence-electron chi connectivity index (χ2n) is 6.81. The lowest BCUT2D eigenvalue weighted by molar-refractivity contribution is 0.0602. The Morgan fingerprint density at radius 2 is 1.65 bits per heavy atom. The van der Waals surface area contributed by atoms with E-state index in [-0.39, 0.29) is 21.4 Å². The predicted molar refractivity (Wildman–Crippen MR) is 129 cm³/mol. The molecule has 0 aliphatic rings. The fourth-order valence-electron chi connectivity index (χ4n) is 3.13. The van der Waals surface area contributed by atoms with Gasteiger partial charge in [0.15, 0.2) is 11.6 Å². The first kappa shape index (κ1) is 23.3. The van der Waals surface area contributed by atoms with Crippen molar-refractivity contribution in [2.45, 2.75) is 4.90 Å². The van der Waals surface area contributed by atoms with Crippen molar-refractivity contribution in [2.24, 2.45) is 0 Å². The van der Waals surface area contributed by atoms with Gasteiger partial charge in [0.05, 0.1) is 38.1 Å². The maximum atomic E-state index is 13.2. The maximum absolute atomic E-state index is 13.2. The first-order valence-corrected chi connectivity index (χ1v) is 12.2. The van der Waals surface area contributed by atoms with Gasteiger partial charge >= 0.3 is 5.97 Å². The van der Waals surface area contributed by atoms with Crippen molar-refractivity contribution in [2.75, 3.05) is 31.4 Å². The summed E-state index contributed by atoms with van der Waals surface area (Å²) in [4.78, 5) is 20.8. The minimum absolute atomic E-state index is 0.0484. The highest BCUT2D eigenvalue weighted by Gasteiger charge is 2.27. The molecule has 2 N–H and O–H groups in total. The lowest BCUT2D eigenvalue weighted by Crippen LogP contribution is -2.18. The third-order valence-corrected chi connectivity index (χ3v) is 7.16. The summed E-state index contributed by atoms with van der Waals surface area (Å²) in [5, 5.41) is 4.57. The molecule has 0 amide bonds. The highest BCUT2D eigenvalue weighted by Crippen LogP contribution is 2.34. The summed E-state index contributed by atoms with van der Waals surface area (Å²) in [5.74, 6) is 0.351. The molecule has 0 radical (unpaired) electrons. The SMILES string of the molecule is COC(=O)c1sccc1S(=O)(=O)Nc1nc2ccccc2nc1Nc1cc(OC)ccc1OC. The summed E-state index contributed by atoms with van der Waals surface area (Å²) in [7, 11) is 0.0142. The van der Waals surface area contributed by atoms with Crippen LogP contribution >= 0.6 is 11.3 Å². The Hall–Kier alpha value is -3.90. The minimum atomic E-state index is -4.21. The number of hydrogen-bond acceptors (Lipinski definition) is 10. The number of rotatable bonds is 8. The molecule has 2 heterocycles. The minimum Gasteiger partial charge on any atom is -0.497 e. The number of anilines is 3. The third kappa shape index (κ3) is 4.58. The van der Waals surface area contributed by atoms with Crippen molar-refractivity contribution in [3.63, 3.8) is 0 Å². The Bertz CT molecular complexity index is 1470. The van der Waals surface area contributed by atoms with Gasteiger partial charge in [0.25, 0.3) is 10.0 Å². The number of hydrogen-bond donors (Lipinski definition) is 2. The molecule has 0 aliphatic heterocycles. The van der Waals surface area contributed by atoms with Gasteiger partial charge < -0.3 is 19.5 Å². The molecule has 4 rings (SSSR count). The molecule has 0 aliphatic carbocycles. The van der Waals surface area contributed by atoms with Crippen molar-refractivity contribution in [3.8, 4) is 11.5 Å². The van der Waals surface area contributed by atoms with Crippen LogP contribution in [0.25, 0.3) is 11.0 Å². The fourth-order valence-corrected chi connectivity index (χ4v) is 5.48. The molecule has 0 fully saturated rings. The Morgan fingerprint density at radius 1 is 0.941 bits per heavy atom. The number of sulfonamides is 1. The van der Waals surface area contributed by atoms with E-state index in [2.05, 4.69) is 20.0 Å². The number of benzene rings is 2. The molecule has 2 aromatic carbocycles. The van der Waals surface area contributed by atoms with Crippen molar-refractivity contribution in [1.82, 2.24) is 9.97 Å². The number of para-hydroxylation sites is 2. The van der Waals surface area contributed by atoms with Crippen LogP contribution in [0.2, 0.25) is 0 Å². The summed E-state index contributed by atoms with van der Waals surface area (Å²) >= 11 is 0.962. The van der Waals surface area contributed by atoms with Crippen molar-refractivity contribution in [1.29, 1.82) is 0 Å². The maximum Gasteiger partial charge on any atom is 0.349 e. The molecule has 4 aromatic rings. The van der Waals surface area contributed by atoms with Gasteiger partial charge in [-0.2, -0.15) is 0 Å². The number of esters is 1. The lowest BCUT2D eigenvalue weighted by atomic mass is 10.2. The molecule has 0 spiro atoms. The van der Waals surface area contributed by atoms with Crippen LogP contribution in [0.3, 0.4) is 0 Å². The van der Waals surface area contributed by atoms with Crippen LogP contribution in [-0.2, 0) is 14.8 Å². The van der Waals surface area contributed by atoms with Crippen molar-refractivity contribution in [3.05, 3.63) is 58.8 Å². The molecule has 0 saturated carbocycles. The first-order valence-electron chi connectivity index (χ1n) is 9.80. The van der Waals surface area contributed by atoms with Crippen molar-refractivity contribution < 1.29 is 27.4 Å². The van der Waals surface area contributed by atoms with Gasteiger partial charge in [-0.25, -0.2) is 23.2 Å². The molecule has 0 unspecified atom stereocenters. The van der Waals surface area contributed by atoms with E-state index in [1.54, 1.807) is 42.5 Å². The molecule has 2 aromatic heterocycles. The van der Waals surface area contributed by atoms with Crippen molar-refractivity contribution >= 4 is 55.7 Å². The average Bonchev–Trinajstić information content (AvgIpc) is 3.35. The Balaban J connectivity index is 1.81. The normalized spacial score (nSPS) is 11.1. The lowest BCUT2D eigenvalue weighted by Gasteiger charge is -2.16. The summed E-state index contributed by atoms with van der Waals surface area (Å²) in [6, 6.07) is 13.5. The molecule has 12 heteroatoms. The number of nitrogens with one attached hydrogen (secondary N) is 2. The van der Waals surface area contributed by atoms with E-state index in [9.17, 15) is 13.2 Å². The summed E-state index contributed by atoms with van der Waals surface area (Å²) in [6.45, 7) is 0. The Kier molecular flexibility index (Phi) is 6.52. The van der Waals surface area contributed by atoms with Crippen LogP contribution < -0.4 is 19.5 Å². The van der Waals surface area contributed by atoms with E-state index < -0.39 is 16.0 Å². The van der Waals surface area contributed by atoms with E-state index >= 15 is 0 Å². The van der Waals surface area contributed by atoms with E-state index in [0.29, 0.717) is 28.2 Å². The van der Waals surface area contributed by atoms with Gasteiger partial charge in [0, 0.05) is 6.07 Å². The third-order valence-electron chi connectivity index (χ3n) is 4.75. The van der Waals surface area contributed by atoms with E-state index in [1.165, 1.54) is 32.8 Å². The van der Waals surface area contributed by atoms with E-state index in [0.717, 1.165) is 11.3 Å². The van der Waals surface area contributed by atoms with Crippen LogP contribution in [-0.4, -0.2) is 45.7 Å². The fraction of sp³-hybridized carbons (Fsp3) is 0.136. The van der Waals surface area contributed by atoms with E-state index in [1.807, 2.05) is 0 Å². The second-order valence-corrected chi connectivity index (χ2v) is 9.38. The zero-order valence-electron chi connectivity index (χ0n) is 18.4. The topological polar surface area (TPSA) is 129 Å². The van der Waals surface area contributed by atoms with Crippen LogP contribution in [0.1, 0.15) is 9.67 Å². The summed E-state index contributed by atoms with van der Waals surface area (Å²) in [6.07, 6.45) is 0. The highest BCUT2D eigenvalue weighted by molar-refractivity contribution is 7.93. The number of aromatic nitrogens is 2. The van der Waals surface area contributed by atoms with Crippen LogP contribution in [0, 0.1) is 0 Å². The Morgan fingerprint density at radius 3 is 2.29 bits per heavy atom. The summed E-state index contributed by atoms with van der Waals surface area (Å²) in [5.41, 5.74) is 1.50. The molecule has 0 saturated heterocycles. The van der Waals surface area contributed by atoms with Gasteiger partial charge in [0.1, 0.15) is 21.3 Å². The number of nitrogens with zero attached hydrogens (tertiary/aromatic N) is 2. The number of methoxy groups -OCH3 is 3. The average molecular weight is 501 g/mol. The summed E-state index contributed by atoms with van der Waals surface area (Å²) < 4.78 is 44.3. The number of carbonyl (C=O) groups excluding carboxylic acids is 1. The Labute approximate surface area is 199 Å². The second kappa shape index (κ2) is 9.53. The van der Waals surface area contributed by atoms with Gasteiger partial charge in [-0.15, -0.1) is 11.3 Å². The van der Waals surface area contributed by atoms with Gasteiger partial charge in [-0.3, -0.25) is 4.72 Å². The molecular weight excluding hydrogens is 480 g/mol. The zero-order chi connectivity index (χ0) is 24.3. The predicted octanol–water partition coefficient (Wildman–Crippen LogP) is 4.04. The quantitative estimate of drug-likeness (QED) is 0.344. The molecule has 34 heavy (non-hydrogen) atoms. The first-order chi connectivity index (χ1) is 16.4. The number of ether oxygens (including phenoxy) is 3. The van der Waals surface area contributed by atoms with Crippen LogP contribution in [0.5, 0.6) is 11.5 Å². The number of thiophene rings is 1. The van der Waals surface area contributed by atoms with Crippen LogP contribution in [0.4, 0.5) is 17.3 Å². The van der Waals surface area contributed by atoms with Gasteiger partial charge in [0.2, 0.25) is 0 Å². The zero-order valence-corrected chi connectivity index (χ0v) is 20.0. The van der Waals surface area contributed by atoms with Gasteiger partial charge in [-0.05, 0) is 35.7 Å². The number of carbonyl (C=O) groups is 1. The molecule has 0 atom stereocenters. The molecule has 0 bridgehead atoms. The smallest absolute Gasteiger partial charge is 0.349 e. The van der Waals surface area contributed by atoms with Crippen LogP contribution in [0.15, 0.2) is 58.8 Å². The van der Waals surface area contributed by atoms with E-state index in [4.69, 9.17) is 14.2 Å². The molecule has 10 nitrogen and oxygen atoms in total. The number of fused-ring (bicyclic) bond motifs is 1.